The predicted molar refractivity (Wildman–Crippen MR) is 80.0 cm³/mol. The molecule has 0 bridgehead atoms. The van der Waals surface area contributed by atoms with Crippen LogP contribution in [0.3, 0.4) is 0 Å². The van der Waals surface area contributed by atoms with E-state index in [1.165, 1.54) is 24.2 Å². The zero-order valence-electron chi connectivity index (χ0n) is 12.3. The van der Waals surface area contributed by atoms with Crippen LogP contribution in [0, 0.1) is 0 Å². The molecule has 0 radical (unpaired) electrons. The lowest BCUT2D eigenvalue weighted by Gasteiger charge is -2.33. The summed E-state index contributed by atoms with van der Waals surface area (Å²) in [5.41, 5.74) is 3.01. The Morgan fingerprint density at radius 3 is 2.79 bits per heavy atom. The lowest BCUT2D eigenvalue weighted by molar-refractivity contribution is 0.482. The van der Waals surface area contributed by atoms with Crippen LogP contribution in [0.2, 0.25) is 0 Å². The van der Waals surface area contributed by atoms with Crippen molar-refractivity contribution in [1.82, 2.24) is 10.3 Å². The molecule has 2 fully saturated rings. The summed E-state index contributed by atoms with van der Waals surface area (Å²) in [7, 11) is 0. The van der Waals surface area contributed by atoms with Gasteiger partial charge in [0.2, 0.25) is 0 Å². The van der Waals surface area contributed by atoms with Crippen molar-refractivity contribution in [2.45, 2.75) is 51.5 Å². The summed E-state index contributed by atoms with van der Waals surface area (Å²) in [5, 5.41) is 3.49. The maximum absolute atomic E-state index is 4.73. The van der Waals surface area contributed by atoms with E-state index in [-0.39, 0.29) is 0 Å². The van der Waals surface area contributed by atoms with Crippen LogP contribution in [0.1, 0.15) is 56.6 Å². The summed E-state index contributed by atoms with van der Waals surface area (Å²) in [4.78, 5) is 7.15. The highest BCUT2D eigenvalue weighted by Crippen LogP contribution is 2.44. The van der Waals surface area contributed by atoms with Crippen molar-refractivity contribution in [3.63, 3.8) is 0 Å². The summed E-state index contributed by atoms with van der Waals surface area (Å²) in [6, 6.07) is 2.93. The monoisotopic (exact) mass is 259 g/mol. The van der Waals surface area contributed by atoms with Crippen LogP contribution in [-0.2, 0) is 0 Å². The fourth-order valence-electron chi connectivity index (χ4n) is 3.01. The largest absolute Gasteiger partial charge is 0.354 e. The zero-order chi connectivity index (χ0) is 13.4. The highest BCUT2D eigenvalue weighted by Gasteiger charge is 2.28. The topological polar surface area (TPSA) is 28.2 Å². The van der Waals surface area contributed by atoms with Gasteiger partial charge in [-0.05, 0) is 48.8 Å². The lowest BCUT2D eigenvalue weighted by Crippen LogP contribution is -2.49. The number of piperazine rings is 1. The third-order valence-electron chi connectivity index (χ3n) is 4.29. The van der Waals surface area contributed by atoms with E-state index in [2.05, 4.69) is 43.3 Å². The molecule has 0 amide bonds. The van der Waals surface area contributed by atoms with Gasteiger partial charge >= 0.3 is 0 Å². The van der Waals surface area contributed by atoms with Gasteiger partial charge in [-0.1, -0.05) is 13.8 Å². The fourth-order valence-corrected chi connectivity index (χ4v) is 3.01. The summed E-state index contributed by atoms with van der Waals surface area (Å²) in [5.74, 6) is 2.57. The Morgan fingerprint density at radius 1 is 1.37 bits per heavy atom. The number of nitrogens with one attached hydrogen (secondary N) is 1. The quantitative estimate of drug-likeness (QED) is 0.904. The summed E-state index contributed by atoms with van der Waals surface area (Å²) < 4.78 is 0. The van der Waals surface area contributed by atoms with Crippen molar-refractivity contribution < 1.29 is 0 Å². The third-order valence-corrected chi connectivity index (χ3v) is 4.29. The van der Waals surface area contributed by atoms with Gasteiger partial charge in [0.25, 0.3) is 0 Å². The molecule has 3 rings (SSSR count). The molecule has 2 heterocycles. The fraction of sp³-hybridized carbons (Fsp3) is 0.688. The molecule has 2 aliphatic rings. The maximum atomic E-state index is 4.73. The molecule has 1 N–H and O–H groups in total. The van der Waals surface area contributed by atoms with Gasteiger partial charge in [-0.3, -0.25) is 0 Å². The van der Waals surface area contributed by atoms with Crippen LogP contribution in [0.25, 0.3) is 0 Å². The Balaban J connectivity index is 1.88. The van der Waals surface area contributed by atoms with E-state index in [1.54, 1.807) is 5.56 Å². The van der Waals surface area contributed by atoms with Crippen LogP contribution in [-0.4, -0.2) is 30.7 Å². The van der Waals surface area contributed by atoms with E-state index in [1.807, 2.05) is 0 Å². The molecular formula is C16H25N3. The molecule has 1 saturated carbocycles. The molecule has 1 aliphatic carbocycles. The van der Waals surface area contributed by atoms with Crippen LogP contribution < -0.4 is 10.2 Å². The van der Waals surface area contributed by atoms with E-state index in [0.717, 1.165) is 25.6 Å². The second-order valence-corrected chi connectivity index (χ2v) is 6.40. The third kappa shape index (κ3) is 2.76. The van der Waals surface area contributed by atoms with Gasteiger partial charge in [-0.15, -0.1) is 0 Å². The SMILES string of the molecule is CC(C)c1cnc(N2CCN[C@@H](C)C2)cc1C1CC1. The molecule has 1 aromatic rings. The van der Waals surface area contributed by atoms with E-state index in [4.69, 9.17) is 4.98 Å². The first-order valence-electron chi connectivity index (χ1n) is 7.63. The zero-order valence-corrected chi connectivity index (χ0v) is 12.3. The van der Waals surface area contributed by atoms with Crippen LogP contribution in [0.15, 0.2) is 12.3 Å². The lowest BCUT2D eigenvalue weighted by atomic mass is 9.96. The van der Waals surface area contributed by atoms with Gasteiger partial charge in [-0.25, -0.2) is 4.98 Å². The number of hydrogen-bond acceptors (Lipinski definition) is 3. The van der Waals surface area contributed by atoms with Gasteiger partial charge < -0.3 is 10.2 Å². The number of rotatable bonds is 3. The van der Waals surface area contributed by atoms with E-state index in [0.29, 0.717) is 12.0 Å². The molecule has 0 unspecified atom stereocenters. The molecule has 104 valence electrons. The smallest absolute Gasteiger partial charge is 0.128 e. The minimum Gasteiger partial charge on any atom is -0.354 e. The van der Waals surface area contributed by atoms with E-state index >= 15 is 0 Å². The molecule has 3 nitrogen and oxygen atoms in total. The minimum atomic E-state index is 0.560. The Labute approximate surface area is 116 Å². The Bertz CT molecular complexity index is 451. The molecule has 0 spiro atoms. The Hall–Kier alpha value is -1.09. The first kappa shape index (κ1) is 12.9. The highest BCUT2D eigenvalue weighted by atomic mass is 15.2. The minimum absolute atomic E-state index is 0.560. The van der Waals surface area contributed by atoms with E-state index in [9.17, 15) is 0 Å². The number of nitrogens with zero attached hydrogens (tertiary/aromatic N) is 2. The Kier molecular flexibility index (Phi) is 3.48. The van der Waals surface area contributed by atoms with Crippen LogP contribution >= 0.6 is 0 Å². The first-order valence-corrected chi connectivity index (χ1v) is 7.63. The Morgan fingerprint density at radius 2 is 2.16 bits per heavy atom. The molecule has 1 atom stereocenters. The second kappa shape index (κ2) is 5.12. The average Bonchev–Trinajstić information content (AvgIpc) is 3.22. The molecule has 19 heavy (non-hydrogen) atoms. The van der Waals surface area contributed by atoms with Crippen molar-refractivity contribution >= 4 is 5.82 Å². The standard InChI is InChI=1S/C16H25N3/c1-11(2)15-9-18-16(8-14(15)13-4-5-13)19-7-6-17-12(3)10-19/h8-9,11-13,17H,4-7,10H2,1-3H3/t12-/m0/s1. The average molecular weight is 259 g/mol. The number of pyridine rings is 1. The van der Waals surface area contributed by atoms with Crippen molar-refractivity contribution in [2.75, 3.05) is 24.5 Å². The second-order valence-electron chi connectivity index (χ2n) is 6.40. The van der Waals surface area contributed by atoms with Crippen molar-refractivity contribution in [3.8, 4) is 0 Å². The van der Waals surface area contributed by atoms with Crippen molar-refractivity contribution in [3.05, 3.63) is 23.4 Å². The van der Waals surface area contributed by atoms with Crippen LogP contribution in [0.4, 0.5) is 5.82 Å². The van der Waals surface area contributed by atoms with Gasteiger partial charge in [0.15, 0.2) is 0 Å². The highest BCUT2D eigenvalue weighted by molar-refractivity contribution is 5.47. The van der Waals surface area contributed by atoms with Crippen molar-refractivity contribution in [2.24, 2.45) is 0 Å². The number of hydrogen-bond donors (Lipinski definition) is 1. The number of anilines is 1. The molecule has 0 aromatic carbocycles. The van der Waals surface area contributed by atoms with Gasteiger partial charge in [0.1, 0.15) is 5.82 Å². The molecule has 3 heteroatoms. The summed E-state index contributed by atoms with van der Waals surface area (Å²) in [6.45, 7) is 10.00. The normalized spacial score (nSPS) is 24.0. The summed E-state index contributed by atoms with van der Waals surface area (Å²) in [6.07, 6.45) is 4.85. The van der Waals surface area contributed by atoms with Crippen LogP contribution in [0.5, 0.6) is 0 Å². The van der Waals surface area contributed by atoms with Gasteiger partial charge in [0, 0.05) is 31.9 Å². The van der Waals surface area contributed by atoms with E-state index < -0.39 is 0 Å². The molecule has 1 aliphatic heterocycles. The van der Waals surface area contributed by atoms with Crippen molar-refractivity contribution in [1.29, 1.82) is 0 Å². The number of aromatic nitrogens is 1. The first-order chi connectivity index (χ1) is 9.15. The summed E-state index contributed by atoms with van der Waals surface area (Å²) >= 11 is 0. The molecular weight excluding hydrogens is 234 g/mol. The molecule has 1 aromatic heterocycles. The maximum Gasteiger partial charge on any atom is 0.128 e. The molecule has 1 saturated heterocycles. The van der Waals surface area contributed by atoms with Gasteiger partial charge in [0.05, 0.1) is 0 Å². The predicted octanol–water partition coefficient (Wildman–Crippen LogP) is 2.88. The van der Waals surface area contributed by atoms with Gasteiger partial charge in [-0.2, -0.15) is 0 Å².